The zero-order valence-electron chi connectivity index (χ0n) is 14.9. The van der Waals surface area contributed by atoms with Gasteiger partial charge in [-0.05, 0) is 44.5 Å². The average molecular weight is 320 g/mol. The lowest BCUT2D eigenvalue weighted by Gasteiger charge is -2.30. The number of hydrogen-bond donors (Lipinski definition) is 1. The molecule has 0 saturated carbocycles. The molecule has 1 atom stereocenters. The van der Waals surface area contributed by atoms with Crippen LogP contribution >= 0.6 is 0 Å². The second-order valence-electron chi connectivity index (χ2n) is 6.27. The van der Waals surface area contributed by atoms with E-state index in [9.17, 15) is 0 Å². The maximum absolute atomic E-state index is 5.39. The first kappa shape index (κ1) is 17.9. The first-order valence-corrected chi connectivity index (χ1v) is 9.00. The van der Waals surface area contributed by atoms with Crippen LogP contribution in [0.3, 0.4) is 0 Å². The number of rotatable bonds is 8. The molecule has 130 valence electrons. The number of furan rings is 1. The van der Waals surface area contributed by atoms with Gasteiger partial charge in [-0.2, -0.15) is 0 Å². The van der Waals surface area contributed by atoms with E-state index in [1.165, 1.54) is 19.4 Å². The van der Waals surface area contributed by atoms with E-state index in [2.05, 4.69) is 36.0 Å². The van der Waals surface area contributed by atoms with Crippen LogP contribution < -0.4 is 5.32 Å². The van der Waals surface area contributed by atoms with Gasteiger partial charge in [-0.15, -0.1) is 0 Å². The van der Waals surface area contributed by atoms with Gasteiger partial charge in [-0.3, -0.25) is 9.89 Å². The molecule has 0 amide bonds. The van der Waals surface area contributed by atoms with E-state index in [1.54, 1.807) is 6.26 Å². The molecule has 0 aromatic carbocycles. The van der Waals surface area contributed by atoms with Crippen molar-refractivity contribution in [1.82, 2.24) is 15.1 Å². The Bertz CT molecular complexity index is 458. The Morgan fingerprint density at radius 2 is 2.35 bits per heavy atom. The summed E-state index contributed by atoms with van der Waals surface area (Å²) in [5.41, 5.74) is 0. The Morgan fingerprint density at radius 1 is 1.48 bits per heavy atom. The topological polar surface area (TPSA) is 44.0 Å². The highest BCUT2D eigenvalue weighted by Crippen LogP contribution is 2.17. The zero-order valence-corrected chi connectivity index (χ0v) is 14.9. The van der Waals surface area contributed by atoms with Crippen LogP contribution in [0.1, 0.15) is 38.9 Å². The predicted molar refractivity (Wildman–Crippen MR) is 95.9 cm³/mol. The molecule has 0 radical (unpaired) electrons. The van der Waals surface area contributed by atoms with E-state index < -0.39 is 0 Å². The Hall–Kier alpha value is -1.49. The molecule has 0 aliphatic carbocycles. The molecule has 0 spiro atoms. The lowest BCUT2D eigenvalue weighted by Crippen LogP contribution is -2.46. The summed E-state index contributed by atoms with van der Waals surface area (Å²) in [6.45, 7) is 9.57. The fourth-order valence-corrected chi connectivity index (χ4v) is 3.20. The van der Waals surface area contributed by atoms with Crippen LogP contribution in [0, 0.1) is 0 Å². The highest BCUT2D eigenvalue weighted by Gasteiger charge is 2.24. The van der Waals surface area contributed by atoms with Crippen molar-refractivity contribution in [2.75, 3.05) is 39.8 Å². The summed E-state index contributed by atoms with van der Waals surface area (Å²) < 4.78 is 5.39. The molecule has 1 N–H and O–H groups in total. The minimum Gasteiger partial charge on any atom is -0.469 e. The van der Waals surface area contributed by atoms with E-state index in [4.69, 9.17) is 9.41 Å². The molecule has 2 heterocycles. The first-order valence-electron chi connectivity index (χ1n) is 9.00. The molecule has 23 heavy (non-hydrogen) atoms. The summed E-state index contributed by atoms with van der Waals surface area (Å²) >= 11 is 0. The third-order valence-corrected chi connectivity index (χ3v) is 4.47. The summed E-state index contributed by atoms with van der Waals surface area (Å²) in [6, 6.07) is 4.61. The number of hydrogen-bond acceptors (Lipinski definition) is 3. The van der Waals surface area contributed by atoms with Crippen molar-refractivity contribution in [3.8, 4) is 0 Å². The molecule has 1 saturated heterocycles. The van der Waals surface area contributed by atoms with Crippen LogP contribution in [0.5, 0.6) is 0 Å². The standard InChI is InChI=1S/C18H32N4O/c1-4-11-19-18(20-12-10-17-9-7-14-23-17)21(3)15-16-8-6-13-22(16)5-2/h7,9,14,16H,4-6,8,10-13,15H2,1-3H3,(H,19,20). The number of guanidine groups is 1. The zero-order chi connectivity index (χ0) is 16.5. The smallest absolute Gasteiger partial charge is 0.193 e. The van der Waals surface area contributed by atoms with Gasteiger partial charge in [0.15, 0.2) is 5.96 Å². The normalized spacial score (nSPS) is 19.3. The molecule has 1 fully saturated rings. The molecule has 1 unspecified atom stereocenters. The van der Waals surface area contributed by atoms with Crippen LogP contribution in [-0.4, -0.2) is 61.6 Å². The second kappa shape index (κ2) is 9.60. The van der Waals surface area contributed by atoms with E-state index in [0.29, 0.717) is 6.04 Å². The third kappa shape index (κ3) is 5.57. The number of aliphatic imine (C=N–C) groups is 1. The van der Waals surface area contributed by atoms with Crippen molar-refractivity contribution in [2.45, 2.75) is 45.6 Å². The van der Waals surface area contributed by atoms with Crippen LogP contribution in [0.2, 0.25) is 0 Å². The van der Waals surface area contributed by atoms with Crippen molar-refractivity contribution in [2.24, 2.45) is 4.99 Å². The van der Waals surface area contributed by atoms with E-state index >= 15 is 0 Å². The molecule has 1 aromatic rings. The molecule has 1 aliphatic rings. The molecule has 1 aromatic heterocycles. The van der Waals surface area contributed by atoms with Crippen LogP contribution in [0.25, 0.3) is 0 Å². The van der Waals surface area contributed by atoms with Crippen LogP contribution in [0.15, 0.2) is 27.8 Å². The van der Waals surface area contributed by atoms with Crippen molar-refractivity contribution in [3.05, 3.63) is 24.2 Å². The van der Waals surface area contributed by atoms with E-state index in [-0.39, 0.29) is 0 Å². The van der Waals surface area contributed by atoms with Crippen LogP contribution in [0.4, 0.5) is 0 Å². The Morgan fingerprint density at radius 3 is 3.04 bits per heavy atom. The first-order chi connectivity index (χ1) is 11.2. The molecular formula is C18H32N4O. The van der Waals surface area contributed by atoms with Gasteiger partial charge in [0, 0.05) is 39.1 Å². The van der Waals surface area contributed by atoms with Gasteiger partial charge in [0.25, 0.3) is 0 Å². The van der Waals surface area contributed by atoms with Gasteiger partial charge in [-0.25, -0.2) is 0 Å². The SMILES string of the molecule is CCCN=C(NCCc1ccco1)N(C)CC1CCCN1CC. The quantitative estimate of drug-likeness (QED) is 0.591. The van der Waals surface area contributed by atoms with Gasteiger partial charge < -0.3 is 14.6 Å². The van der Waals surface area contributed by atoms with Crippen LogP contribution in [-0.2, 0) is 6.42 Å². The minimum atomic E-state index is 0.656. The summed E-state index contributed by atoms with van der Waals surface area (Å²) in [5.74, 6) is 2.03. The predicted octanol–water partition coefficient (Wildman–Crippen LogP) is 2.59. The van der Waals surface area contributed by atoms with E-state index in [0.717, 1.165) is 50.7 Å². The summed E-state index contributed by atoms with van der Waals surface area (Å²) in [6.07, 6.45) is 6.30. The maximum Gasteiger partial charge on any atom is 0.193 e. The average Bonchev–Trinajstić information content (AvgIpc) is 3.21. The Labute approximate surface area is 140 Å². The molecule has 5 nitrogen and oxygen atoms in total. The summed E-state index contributed by atoms with van der Waals surface area (Å²) in [4.78, 5) is 9.60. The Kier molecular flexibility index (Phi) is 7.46. The fraction of sp³-hybridized carbons (Fsp3) is 0.722. The number of nitrogens with zero attached hydrogens (tertiary/aromatic N) is 3. The molecule has 0 bridgehead atoms. The van der Waals surface area contributed by atoms with Crippen molar-refractivity contribution in [1.29, 1.82) is 0 Å². The fourth-order valence-electron chi connectivity index (χ4n) is 3.20. The Balaban J connectivity index is 1.85. The van der Waals surface area contributed by atoms with Crippen molar-refractivity contribution in [3.63, 3.8) is 0 Å². The van der Waals surface area contributed by atoms with Gasteiger partial charge >= 0.3 is 0 Å². The molecular weight excluding hydrogens is 288 g/mol. The van der Waals surface area contributed by atoms with Gasteiger partial charge in [0.05, 0.1) is 6.26 Å². The number of likely N-dealkylation sites (tertiary alicyclic amines) is 1. The largest absolute Gasteiger partial charge is 0.469 e. The summed E-state index contributed by atoms with van der Waals surface area (Å²) in [5, 5.41) is 3.50. The monoisotopic (exact) mass is 320 g/mol. The summed E-state index contributed by atoms with van der Waals surface area (Å²) in [7, 11) is 2.15. The van der Waals surface area contributed by atoms with Crippen molar-refractivity contribution >= 4 is 5.96 Å². The minimum absolute atomic E-state index is 0.656. The maximum atomic E-state index is 5.39. The van der Waals surface area contributed by atoms with Gasteiger partial charge in [-0.1, -0.05) is 13.8 Å². The number of nitrogens with one attached hydrogen (secondary N) is 1. The highest BCUT2D eigenvalue weighted by molar-refractivity contribution is 5.79. The molecule has 1 aliphatic heterocycles. The second-order valence-corrected chi connectivity index (χ2v) is 6.27. The number of likely N-dealkylation sites (N-methyl/N-ethyl adjacent to an activating group) is 2. The lowest BCUT2D eigenvalue weighted by molar-refractivity contribution is 0.232. The van der Waals surface area contributed by atoms with Crippen molar-refractivity contribution < 1.29 is 4.42 Å². The van der Waals surface area contributed by atoms with Gasteiger partial charge in [0.1, 0.15) is 5.76 Å². The molecule has 2 rings (SSSR count). The molecule has 5 heteroatoms. The van der Waals surface area contributed by atoms with Gasteiger partial charge in [0.2, 0.25) is 0 Å². The lowest BCUT2D eigenvalue weighted by atomic mass is 10.2. The highest BCUT2D eigenvalue weighted by atomic mass is 16.3. The third-order valence-electron chi connectivity index (χ3n) is 4.47. The van der Waals surface area contributed by atoms with E-state index in [1.807, 2.05) is 12.1 Å².